The van der Waals surface area contributed by atoms with Crippen molar-refractivity contribution in [2.45, 2.75) is 37.8 Å². The molecule has 2 aromatic carbocycles. The van der Waals surface area contributed by atoms with E-state index in [1.54, 1.807) is 13.2 Å². The topological polar surface area (TPSA) is 63.5 Å². The first-order valence-electron chi connectivity index (χ1n) is 10.4. The van der Waals surface area contributed by atoms with E-state index in [9.17, 15) is 9.90 Å². The molecule has 2 aliphatic rings. The Bertz CT molecular complexity index is 1120. The van der Waals surface area contributed by atoms with Crippen LogP contribution in [0, 0.1) is 5.92 Å². The van der Waals surface area contributed by atoms with Gasteiger partial charge < -0.3 is 15.2 Å². The molecule has 1 fully saturated rings. The molecule has 1 saturated heterocycles. The van der Waals surface area contributed by atoms with Crippen LogP contribution in [0.2, 0.25) is 0 Å². The molecule has 0 bridgehead atoms. The van der Waals surface area contributed by atoms with Crippen molar-refractivity contribution in [2.75, 3.05) is 13.7 Å². The molecular weight excluding hydrogens is 364 g/mol. The Morgan fingerprint density at radius 1 is 1.21 bits per heavy atom. The minimum atomic E-state index is -0.144. The van der Waals surface area contributed by atoms with Crippen molar-refractivity contribution < 1.29 is 9.84 Å². The van der Waals surface area contributed by atoms with Gasteiger partial charge in [0.05, 0.1) is 7.11 Å². The molecule has 3 aromatic rings. The normalized spacial score (nSPS) is 23.0. The highest BCUT2D eigenvalue weighted by Gasteiger charge is 2.40. The quantitative estimate of drug-likeness (QED) is 0.717. The molecule has 0 saturated carbocycles. The van der Waals surface area contributed by atoms with Gasteiger partial charge >= 0.3 is 0 Å². The summed E-state index contributed by atoms with van der Waals surface area (Å²) in [6.07, 6.45) is 2.97. The molecule has 5 rings (SSSR count). The molecule has 2 heterocycles. The number of aromatic hydroxyl groups is 1. The molecule has 1 unspecified atom stereocenters. The van der Waals surface area contributed by atoms with E-state index in [4.69, 9.17) is 4.74 Å². The minimum Gasteiger partial charge on any atom is -0.496 e. The van der Waals surface area contributed by atoms with Gasteiger partial charge in [0.15, 0.2) is 0 Å². The van der Waals surface area contributed by atoms with Crippen molar-refractivity contribution in [1.29, 1.82) is 0 Å². The molecule has 2 N–H and O–H groups in total. The van der Waals surface area contributed by atoms with Crippen LogP contribution in [0.4, 0.5) is 0 Å². The van der Waals surface area contributed by atoms with E-state index in [1.165, 1.54) is 15.7 Å². The SMILES string of the molecule is COc1cccc2c1CC[C@H]1C(CCn3c(O)c4ccccc4cc3=O)NC[C@@H]21. The van der Waals surface area contributed by atoms with Crippen LogP contribution in [0.1, 0.15) is 29.9 Å². The Morgan fingerprint density at radius 3 is 2.93 bits per heavy atom. The molecule has 1 aliphatic heterocycles. The zero-order valence-corrected chi connectivity index (χ0v) is 16.6. The summed E-state index contributed by atoms with van der Waals surface area (Å²) in [5, 5.41) is 15.8. The average molecular weight is 390 g/mol. The predicted octanol–water partition coefficient (Wildman–Crippen LogP) is 3.42. The monoisotopic (exact) mass is 390 g/mol. The number of rotatable bonds is 4. The lowest BCUT2D eigenvalue weighted by Crippen LogP contribution is -2.32. The summed E-state index contributed by atoms with van der Waals surface area (Å²) in [4.78, 5) is 12.5. The van der Waals surface area contributed by atoms with E-state index in [0.29, 0.717) is 24.4 Å². The lowest BCUT2D eigenvalue weighted by atomic mass is 9.74. The van der Waals surface area contributed by atoms with Crippen LogP contribution in [0.25, 0.3) is 10.8 Å². The van der Waals surface area contributed by atoms with Crippen LogP contribution in [0.15, 0.2) is 53.3 Å². The minimum absolute atomic E-state index is 0.0707. The third-order valence-corrected chi connectivity index (χ3v) is 6.82. The Kier molecular flexibility index (Phi) is 4.55. The van der Waals surface area contributed by atoms with Gasteiger partial charge in [0.25, 0.3) is 5.56 Å². The first kappa shape index (κ1) is 18.3. The van der Waals surface area contributed by atoms with Gasteiger partial charge in [-0.3, -0.25) is 9.36 Å². The van der Waals surface area contributed by atoms with Crippen LogP contribution < -0.4 is 15.6 Å². The number of ether oxygens (including phenoxy) is 1. The number of aromatic nitrogens is 1. The molecule has 1 aromatic heterocycles. The lowest BCUT2D eigenvalue weighted by molar-refractivity contribution is 0.330. The number of hydrogen-bond donors (Lipinski definition) is 2. The molecular formula is C24H26N2O3. The van der Waals surface area contributed by atoms with Crippen LogP contribution in [0.5, 0.6) is 11.6 Å². The standard InChI is InChI=1S/C24H26N2O3/c1-29-22-8-4-7-17-19(22)10-9-18-20(17)14-25-21(18)11-12-26-23(27)13-15-5-2-3-6-16(15)24(26)28/h2-8,13,18,20-21,25,28H,9-12,14H2,1H3/t18-,20+,21?/m1/s1. The largest absolute Gasteiger partial charge is 0.496 e. The molecule has 0 spiro atoms. The van der Waals surface area contributed by atoms with Crippen LogP contribution in [-0.2, 0) is 13.0 Å². The molecule has 150 valence electrons. The second-order valence-corrected chi connectivity index (χ2v) is 8.19. The third kappa shape index (κ3) is 3.01. The van der Waals surface area contributed by atoms with Gasteiger partial charge in [-0.05, 0) is 53.8 Å². The van der Waals surface area contributed by atoms with Crippen LogP contribution in [0.3, 0.4) is 0 Å². The number of methoxy groups -OCH3 is 1. The van der Waals surface area contributed by atoms with E-state index in [1.807, 2.05) is 30.3 Å². The van der Waals surface area contributed by atoms with Crippen molar-refractivity contribution in [3.8, 4) is 11.6 Å². The van der Waals surface area contributed by atoms with Gasteiger partial charge in [0.2, 0.25) is 5.88 Å². The molecule has 29 heavy (non-hydrogen) atoms. The molecule has 5 heteroatoms. The lowest BCUT2D eigenvalue weighted by Gasteiger charge is -2.31. The van der Waals surface area contributed by atoms with E-state index in [2.05, 4.69) is 17.4 Å². The summed E-state index contributed by atoms with van der Waals surface area (Å²) >= 11 is 0. The third-order valence-electron chi connectivity index (χ3n) is 6.82. The Morgan fingerprint density at radius 2 is 2.07 bits per heavy atom. The molecule has 0 radical (unpaired) electrons. The summed E-state index contributed by atoms with van der Waals surface area (Å²) in [6, 6.07) is 15.8. The average Bonchev–Trinajstić information content (AvgIpc) is 3.16. The number of hydrogen-bond acceptors (Lipinski definition) is 4. The molecule has 0 amide bonds. The number of benzene rings is 2. The maximum Gasteiger partial charge on any atom is 0.253 e. The fourth-order valence-corrected chi connectivity index (χ4v) is 5.39. The van der Waals surface area contributed by atoms with Gasteiger partial charge in [-0.1, -0.05) is 30.3 Å². The summed E-state index contributed by atoms with van der Waals surface area (Å²) in [6.45, 7) is 1.47. The van der Waals surface area contributed by atoms with Crippen molar-refractivity contribution in [1.82, 2.24) is 9.88 Å². The van der Waals surface area contributed by atoms with Gasteiger partial charge in [0, 0.05) is 36.5 Å². The fourth-order valence-electron chi connectivity index (χ4n) is 5.39. The van der Waals surface area contributed by atoms with Gasteiger partial charge in [-0.25, -0.2) is 0 Å². The maximum atomic E-state index is 12.5. The molecule has 5 nitrogen and oxygen atoms in total. The fraction of sp³-hybridized carbons (Fsp3) is 0.375. The summed E-state index contributed by atoms with van der Waals surface area (Å²) in [5.41, 5.74) is 2.61. The van der Waals surface area contributed by atoms with Gasteiger partial charge in [-0.2, -0.15) is 0 Å². The molecule has 3 atom stereocenters. The number of pyridine rings is 1. The van der Waals surface area contributed by atoms with Crippen LogP contribution >= 0.6 is 0 Å². The first-order chi connectivity index (χ1) is 14.2. The van der Waals surface area contributed by atoms with E-state index < -0.39 is 0 Å². The summed E-state index contributed by atoms with van der Waals surface area (Å²) < 4.78 is 7.08. The zero-order chi connectivity index (χ0) is 20.0. The number of nitrogens with zero attached hydrogens (tertiary/aromatic N) is 1. The van der Waals surface area contributed by atoms with E-state index >= 15 is 0 Å². The number of fused-ring (bicyclic) bond motifs is 4. The van der Waals surface area contributed by atoms with E-state index in [-0.39, 0.29) is 11.4 Å². The first-order valence-corrected chi connectivity index (χ1v) is 10.4. The van der Waals surface area contributed by atoms with E-state index in [0.717, 1.165) is 42.3 Å². The molecule has 1 aliphatic carbocycles. The van der Waals surface area contributed by atoms with Gasteiger partial charge in [0.1, 0.15) is 5.75 Å². The number of nitrogens with one attached hydrogen (secondary N) is 1. The Balaban J connectivity index is 1.37. The van der Waals surface area contributed by atoms with Crippen molar-refractivity contribution in [3.63, 3.8) is 0 Å². The maximum absolute atomic E-state index is 12.5. The van der Waals surface area contributed by atoms with Gasteiger partial charge in [-0.15, -0.1) is 0 Å². The highest BCUT2D eigenvalue weighted by molar-refractivity contribution is 5.86. The second-order valence-electron chi connectivity index (χ2n) is 8.19. The van der Waals surface area contributed by atoms with Crippen molar-refractivity contribution in [3.05, 3.63) is 70.0 Å². The predicted molar refractivity (Wildman–Crippen MR) is 114 cm³/mol. The zero-order valence-electron chi connectivity index (χ0n) is 16.6. The van der Waals surface area contributed by atoms with Crippen LogP contribution in [-0.4, -0.2) is 29.4 Å². The highest BCUT2D eigenvalue weighted by atomic mass is 16.5. The summed E-state index contributed by atoms with van der Waals surface area (Å²) in [7, 11) is 1.74. The van der Waals surface area contributed by atoms with Crippen molar-refractivity contribution in [2.24, 2.45) is 5.92 Å². The van der Waals surface area contributed by atoms with Crippen molar-refractivity contribution >= 4 is 10.8 Å². The Hall–Kier alpha value is -2.79. The Labute approximate surface area is 169 Å². The smallest absolute Gasteiger partial charge is 0.253 e. The highest BCUT2D eigenvalue weighted by Crippen LogP contribution is 2.44. The second kappa shape index (κ2) is 7.23. The summed E-state index contributed by atoms with van der Waals surface area (Å²) in [5.74, 6) is 2.10.